The van der Waals surface area contributed by atoms with Crippen LogP contribution in [0.5, 0.6) is 5.75 Å². The summed E-state index contributed by atoms with van der Waals surface area (Å²) < 4.78 is 7.59. The van der Waals surface area contributed by atoms with Crippen molar-refractivity contribution in [3.8, 4) is 5.75 Å². The van der Waals surface area contributed by atoms with Crippen LogP contribution in [0.25, 0.3) is 10.1 Å². The van der Waals surface area contributed by atoms with Crippen LogP contribution in [0, 0.1) is 5.92 Å². The molecule has 3 heterocycles. The minimum absolute atomic E-state index is 0. The molecule has 20 heavy (non-hydrogen) atoms. The molecule has 3 heteroatoms. The van der Waals surface area contributed by atoms with Crippen LogP contribution >= 0.6 is 11.3 Å². The molecule has 2 fully saturated rings. The zero-order valence-corrected chi connectivity index (χ0v) is 11.9. The molecule has 3 atom stereocenters. The lowest BCUT2D eigenvalue weighted by molar-refractivity contribution is -0.0429. The van der Waals surface area contributed by atoms with Gasteiger partial charge in [-0.2, -0.15) is 0 Å². The van der Waals surface area contributed by atoms with Crippen molar-refractivity contribution < 1.29 is 4.74 Å². The summed E-state index contributed by atoms with van der Waals surface area (Å²) >= 11 is 1.79. The van der Waals surface area contributed by atoms with Gasteiger partial charge >= 0.3 is 0 Å². The van der Waals surface area contributed by atoms with Gasteiger partial charge in [0, 0.05) is 17.8 Å². The molecule has 0 saturated carbocycles. The van der Waals surface area contributed by atoms with Gasteiger partial charge < -0.3 is 4.74 Å². The van der Waals surface area contributed by atoms with Crippen LogP contribution in [0.1, 0.15) is 33.1 Å². The minimum atomic E-state index is 0. The molecule has 3 unspecified atom stereocenters. The van der Waals surface area contributed by atoms with Gasteiger partial charge in [-0.15, -0.1) is 11.3 Å². The Morgan fingerprint density at radius 2 is 2.10 bits per heavy atom. The molecule has 1 aromatic heterocycles. The van der Waals surface area contributed by atoms with Crippen LogP contribution in [0.2, 0.25) is 0 Å². The highest BCUT2D eigenvalue weighted by atomic mass is 32.1. The summed E-state index contributed by atoms with van der Waals surface area (Å²) in [5.41, 5.74) is 0. The molecule has 2 aliphatic rings. The smallest absolute Gasteiger partial charge is 0.152 e. The Morgan fingerprint density at radius 1 is 1.15 bits per heavy atom. The van der Waals surface area contributed by atoms with Gasteiger partial charge in [0.15, 0.2) is 6.23 Å². The topological polar surface area (TPSA) is 12.5 Å². The van der Waals surface area contributed by atoms with Crippen molar-refractivity contribution in [2.24, 2.45) is 5.92 Å². The Bertz CT molecular complexity index is 579. The zero-order valence-electron chi connectivity index (χ0n) is 11.0. The van der Waals surface area contributed by atoms with Crippen LogP contribution in [0.3, 0.4) is 0 Å². The number of ether oxygens (including phenoxy) is 1. The Kier molecular flexibility index (Phi) is 3.99. The Hall–Kier alpha value is -1.06. The number of hydrogen-bond donors (Lipinski definition) is 0. The van der Waals surface area contributed by atoms with E-state index in [1.807, 2.05) is 0 Å². The third kappa shape index (κ3) is 2.57. The molecule has 0 aliphatic carbocycles. The van der Waals surface area contributed by atoms with Gasteiger partial charge in [0.05, 0.1) is 0 Å². The Balaban J connectivity index is 0.00000121. The number of piperidine rings is 2. The maximum absolute atomic E-state index is 6.25. The highest BCUT2D eigenvalue weighted by molar-refractivity contribution is 7.17. The van der Waals surface area contributed by atoms with E-state index in [2.05, 4.69) is 34.5 Å². The molecule has 2 bridgehead atoms. The fourth-order valence-corrected chi connectivity index (χ4v) is 4.23. The monoisotopic (exact) mass is 289 g/mol. The molecular weight excluding hydrogens is 266 g/mol. The van der Waals surface area contributed by atoms with Crippen molar-refractivity contribution in [1.82, 2.24) is 4.90 Å². The highest BCUT2D eigenvalue weighted by Crippen LogP contribution is 2.32. The predicted molar refractivity (Wildman–Crippen MR) is 86.5 cm³/mol. The van der Waals surface area contributed by atoms with Crippen molar-refractivity contribution in [3.05, 3.63) is 29.6 Å². The molecule has 2 aromatic rings. The van der Waals surface area contributed by atoms with Gasteiger partial charge in [-0.1, -0.05) is 7.43 Å². The molecule has 0 amide bonds. The van der Waals surface area contributed by atoms with Gasteiger partial charge in [0.1, 0.15) is 5.75 Å². The second-order valence-corrected chi connectivity index (χ2v) is 6.72. The lowest BCUT2D eigenvalue weighted by Gasteiger charge is -2.43. The van der Waals surface area contributed by atoms with E-state index in [0.29, 0.717) is 6.23 Å². The average molecular weight is 289 g/mol. The zero-order chi connectivity index (χ0) is 12.7. The van der Waals surface area contributed by atoms with Gasteiger partial charge in [-0.05, 0) is 66.6 Å². The first-order chi connectivity index (χ1) is 9.38. The number of rotatable bonds is 2. The Labute approximate surface area is 125 Å². The van der Waals surface area contributed by atoms with Crippen LogP contribution in [0.4, 0.5) is 0 Å². The summed E-state index contributed by atoms with van der Waals surface area (Å²) in [6.45, 7) is 2.45. The molecule has 2 aliphatic heterocycles. The first kappa shape index (κ1) is 13.9. The first-order valence-electron chi connectivity index (χ1n) is 7.26. The minimum Gasteiger partial charge on any atom is -0.475 e. The number of hydrogen-bond acceptors (Lipinski definition) is 3. The number of benzene rings is 1. The molecule has 0 N–H and O–H groups in total. The van der Waals surface area contributed by atoms with Crippen LogP contribution < -0.4 is 4.74 Å². The number of nitrogens with zero attached hydrogens (tertiary/aromatic N) is 1. The third-order valence-corrected chi connectivity index (χ3v) is 5.37. The standard InChI is InChI=1S/C16H19NOS.CH4/c1-2-12-3-6-16(17(8-1)11-12)18-14-4-5-15-13(10-14)7-9-19-15;/h4-5,7,9-10,12,16H,1-3,6,8,11H2;1H4. The van der Waals surface area contributed by atoms with Gasteiger partial charge in [0.25, 0.3) is 0 Å². The predicted octanol–water partition coefficient (Wildman–Crippen LogP) is 4.75. The van der Waals surface area contributed by atoms with E-state index >= 15 is 0 Å². The average Bonchev–Trinajstić information content (AvgIpc) is 2.90. The van der Waals surface area contributed by atoms with E-state index in [1.165, 1.54) is 48.9 Å². The van der Waals surface area contributed by atoms with Crippen LogP contribution in [0.15, 0.2) is 29.6 Å². The lowest BCUT2D eigenvalue weighted by Crippen LogP contribution is -2.49. The number of fused-ring (bicyclic) bond motifs is 3. The van der Waals surface area contributed by atoms with E-state index in [1.54, 1.807) is 11.3 Å². The van der Waals surface area contributed by atoms with Gasteiger partial charge in [-0.3, -0.25) is 4.90 Å². The van der Waals surface area contributed by atoms with Gasteiger partial charge in [-0.25, -0.2) is 0 Å². The normalized spacial score (nSPS) is 28.9. The fraction of sp³-hybridized carbons (Fsp3) is 0.529. The molecule has 2 saturated heterocycles. The molecular formula is C17H23NOS. The molecule has 108 valence electrons. The molecule has 2 nitrogen and oxygen atoms in total. The van der Waals surface area contributed by atoms with E-state index in [9.17, 15) is 0 Å². The van der Waals surface area contributed by atoms with Crippen molar-refractivity contribution in [2.45, 2.75) is 39.3 Å². The quantitative estimate of drug-likeness (QED) is 0.791. The summed E-state index contributed by atoms with van der Waals surface area (Å²) in [7, 11) is 0. The van der Waals surface area contributed by atoms with E-state index in [0.717, 1.165) is 11.7 Å². The summed E-state index contributed by atoms with van der Waals surface area (Å²) in [6, 6.07) is 8.65. The van der Waals surface area contributed by atoms with Gasteiger partial charge in [0.2, 0.25) is 0 Å². The fourth-order valence-electron chi connectivity index (χ4n) is 3.46. The summed E-state index contributed by atoms with van der Waals surface area (Å²) in [5, 5.41) is 3.44. The molecule has 1 aromatic carbocycles. The molecule has 4 rings (SSSR count). The lowest BCUT2D eigenvalue weighted by atomic mass is 9.89. The van der Waals surface area contributed by atoms with Crippen molar-refractivity contribution in [3.63, 3.8) is 0 Å². The first-order valence-corrected chi connectivity index (χ1v) is 8.14. The van der Waals surface area contributed by atoms with E-state index in [-0.39, 0.29) is 7.43 Å². The summed E-state index contributed by atoms with van der Waals surface area (Å²) in [5.74, 6) is 1.95. The molecule has 0 radical (unpaired) electrons. The number of thiophene rings is 1. The van der Waals surface area contributed by atoms with E-state index < -0.39 is 0 Å². The SMILES string of the molecule is C.c1cc2cc(OC3CCC4CCCN3C4)ccc2s1. The maximum Gasteiger partial charge on any atom is 0.152 e. The third-order valence-electron chi connectivity index (χ3n) is 4.48. The van der Waals surface area contributed by atoms with Crippen LogP contribution in [-0.2, 0) is 0 Å². The largest absolute Gasteiger partial charge is 0.475 e. The van der Waals surface area contributed by atoms with E-state index in [4.69, 9.17) is 4.74 Å². The Morgan fingerprint density at radius 3 is 3.05 bits per heavy atom. The van der Waals surface area contributed by atoms with Crippen molar-refractivity contribution >= 4 is 21.4 Å². The second kappa shape index (κ2) is 5.74. The van der Waals surface area contributed by atoms with Crippen LogP contribution in [-0.4, -0.2) is 24.2 Å². The maximum atomic E-state index is 6.25. The summed E-state index contributed by atoms with van der Waals surface area (Å²) in [4.78, 5) is 2.54. The van der Waals surface area contributed by atoms with Crippen molar-refractivity contribution in [2.75, 3.05) is 13.1 Å². The second-order valence-electron chi connectivity index (χ2n) is 5.77. The van der Waals surface area contributed by atoms with Crippen molar-refractivity contribution in [1.29, 1.82) is 0 Å². The molecule has 0 spiro atoms. The summed E-state index contributed by atoms with van der Waals surface area (Å²) in [6.07, 6.45) is 5.58. The highest BCUT2D eigenvalue weighted by Gasteiger charge is 2.32.